The number of phenolic OH excluding ortho intramolecular Hbond substituents is 1. The van der Waals surface area contributed by atoms with Crippen LogP contribution in [0.25, 0.3) is 0 Å². The van der Waals surface area contributed by atoms with Gasteiger partial charge in [-0.1, -0.05) is 41.9 Å². The van der Waals surface area contributed by atoms with Crippen molar-refractivity contribution in [2.75, 3.05) is 0 Å². The number of hydrogen-bond donors (Lipinski definition) is 2. The van der Waals surface area contributed by atoms with E-state index in [9.17, 15) is 9.90 Å². The van der Waals surface area contributed by atoms with Crippen LogP contribution in [0.4, 0.5) is 0 Å². The molecular formula is C21H19ClN2O2. The summed E-state index contributed by atoms with van der Waals surface area (Å²) in [6.45, 7) is 0.426. The van der Waals surface area contributed by atoms with Crippen LogP contribution in [-0.2, 0) is 11.3 Å². The van der Waals surface area contributed by atoms with Gasteiger partial charge in [0.25, 0.3) is 0 Å². The number of phenols is 1. The van der Waals surface area contributed by atoms with Gasteiger partial charge in [0.15, 0.2) is 0 Å². The normalized spacial score (nSPS) is 11.7. The van der Waals surface area contributed by atoms with Crippen LogP contribution < -0.4 is 5.32 Å². The third-order valence-corrected chi connectivity index (χ3v) is 4.36. The lowest BCUT2D eigenvalue weighted by Gasteiger charge is -2.18. The number of hydrogen-bond acceptors (Lipinski definition) is 3. The summed E-state index contributed by atoms with van der Waals surface area (Å²) in [5, 5.41) is 13.4. The number of aromatic hydroxyl groups is 1. The van der Waals surface area contributed by atoms with Crippen molar-refractivity contribution in [1.29, 1.82) is 0 Å². The molecule has 1 atom stereocenters. The van der Waals surface area contributed by atoms with Crippen molar-refractivity contribution in [3.63, 3.8) is 0 Å². The van der Waals surface area contributed by atoms with E-state index >= 15 is 0 Å². The first-order chi connectivity index (χ1) is 12.6. The van der Waals surface area contributed by atoms with Gasteiger partial charge >= 0.3 is 0 Å². The Kier molecular flexibility index (Phi) is 5.87. The van der Waals surface area contributed by atoms with Gasteiger partial charge in [0.1, 0.15) is 5.75 Å². The van der Waals surface area contributed by atoms with Crippen molar-refractivity contribution < 1.29 is 9.90 Å². The average Bonchev–Trinajstić information content (AvgIpc) is 2.65. The van der Waals surface area contributed by atoms with Gasteiger partial charge in [-0.3, -0.25) is 9.78 Å². The molecule has 0 aliphatic carbocycles. The molecule has 0 spiro atoms. The van der Waals surface area contributed by atoms with Gasteiger partial charge in [0.2, 0.25) is 5.91 Å². The van der Waals surface area contributed by atoms with Gasteiger partial charge in [-0.15, -0.1) is 0 Å². The van der Waals surface area contributed by atoms with E-state index in [1.54, 1.807) is 36.7 Å². The van der Waals surface area contributed by atoms with Crippen LogP contribution in [-0.4, -0.2) is 16.0 Å². The zero-order chi connectivity index (χ0) is 18.4. The van der Waals surface area contributed by atoms with Crippen molar-refractivity contribution in [2.45, 2.75) is 18.9 Å². The largest absolute Gasteiger partial charge is 0.508 e. The molecule has 2 aromatic carbocycles. The van der Waals surface area contributed by atoms with Gasteiger partial charge in [-0.25, -0.2) is 0 Å². The predicted molar refractivity (Wildman–Crippen MR) is 102 cm³/mol. The van der Waals surface area contributed by atoms with E-state index in [-0.39, 0.29) is 24.0 Å². The molecule has 3 rings (SSSR count). The molecule has 5 heteroatoms. The molecule has 2 N–H and O–H groups in total. The summed E-state index contributed by atoms with van der Waals surface area (Å²) < 4.78 is 0. The van der Waals surface area contributed by atoms with Crippen LogP contribution in [0.5, 0.6) is 5.75 Å². The maximum atomic E-state index is 12.5. The number of nitrogens with one attached hydrogen (secondary N) is 1. The predicted octanol–water partition coefficient (Wildman–Crippen LogP) is 4.28. The van der Waals surface area contributed by atoms with Crippen LogP contribution in [0, 0.1) is 0 Å². The number of carbonyl (C=O) groups is 1. The molecule has 1 aromatic heterocycles. The van der Waals surface area contributed by atoms with Crippen LogP contribution in [0.15, 0.2) is 73.1 Å². The lowest BCUT2D eigenvalue weighted by Crippen LogP contribution is -2.25. The van der Waals surface area contributed by atoms with E-state index in [0.717, 1.165) is 16.7 Å². The zero-order valence-electron chi connectivity index (χ0n) is 14.1. The Hall–Kier alpha value is -2.85. The molecule has 0 bridgehead atoms. The van der Waals surface area contributed by atoms with E-state index in [4.69, 9.17) is 11.6 Å². The summed E-state index contributed by atoms with van der Waals surface area (Å²) in [5.41, 5.74) is 2.74. The molecule has 0 saturated carbocycles. The van der Waals surface area contributed by atoms with Crippen LogP contribution in [0.2, 0.25) is 5.02 Å². The number of pyridine rings is 1. The SMILES string of the molecule is O=C(C[C@H](c1cccc(O)c1)c1cccc(Cl)c1)NCc1cccnc1. The number of rotatable bonds is 6. The highest BCUT2D eigenvalue weighted by atomic mass is 35.5. The van der Waals surface area contributed by atoms with Crippen LogP contribution in [0.3, 0.4) is 0 Å². The maximum absolute atomic E-state index is 12.5. The number of nitrogens with zero attached hydrogens (tertiary/aromatic N) is 1. The Balaban J connectivity index is 1.78. The van der Waals surface area contributed by atoms with E-state index in [1.165, 1.54) is 0 Å². The number of aromatic nitrogens is 1. The summed E-state index contributed by atoms with van der Waals surface area (Å²) in [7, 11) is 0. The summed E-state index contributed by atoms with van der Waals surface area (Å²) in [4.78, 5) is 16.6. The number of amides is 1. The lowest BCUT2D eigenvalue weighted by atomic mass is 9.88. The highest BCUT2D eigenvalue weighted by molar-refractivity contribution is 6.30. The van der Waals surface area contributed by atoms with E-state index in [1.807, 2.05) is 36.4 Å². The molecule has 0 radical (unpaired) electrons. The Bertz CT molecular complexity index is 838. The average molecular weight is 367 g/mol. The zero-order valence-corrected chi connectivity index (χ0v) is 14.9. The monoisotopic (exact) mass is 366 g/mol. The third kappa shape index (κ3) is 4.83. The minimum absolute atomic E-state index is 0.0813. The highest BCUT2D eigenvalue weighted by Crippen LogP contribution is 2.31. The Morgan fingerprint density at radius 2 is 1.85 bits per heavy atom. The molecule has 26 heavy (non-hydrogen) atoms. The van der Waals surface area contributed by atoms with Crippen molar-refractivity contribution >= 4 is 17.5 Å². The summed E-state index contributed by atoms with van der Waals surface area (Å²) in [6, 6.07) is 18.2. The van der Waals surface area contributed by atoms with E-state index in [2.05, 4.69) is 10.3 Å². The molecule has 0 aliphatic rings. The topological polar surface area (TPSA) is 62.2 Å². The second kappa shape index (κ2) is 8.50. The first kappa shape index (κ1) is 18.0. The standard InChI is InChI=1S/C21H19ClN2O2/c22-18-7-1-5-16(10-18)20(17-6-2-8-19(25)11-17)12-21(26)24-14-15-4-3-9-23-13-15/h1-11,13,20,25H,12,14H2,(H,24,26)/t20-/m0/s1. The molecular weight excluding hydrogens is 348 g/mol. The van der Waals surface area contributed by atoms with Crippen molar-refractivity contribution in [3.05, 3.63) is 94.8 Å². The fraction of sp³-hybridized carbons (Fsp3) is 0.143. The second-order valence-electron chi connectivity index (χ2n) is 6.04. The summed E-state index contributed by atoms with van der Waals surface area (Å²) in [6.07, 6.45) is 3.68. The smallest absolute Gasteiger partial charge is 0.221 e. The fourth-order valence-electron chi connectivity index (χ4n) is 2.85. The molecule has 1 heterocycles. The van der Waals surface area contributed by atoms with Gasteiger partial charge in [-0.2, -0.15) is 0 Å². The first-order valence-corrected chi connectivity index (χ1v) is 8.69. The fourth-order valence-corrected chi connectivity index (χ4v) is 3.05. The molecule has 0 unspecified atom stereocenters. The first-order valence-electron chi connectivity index (χ1n) is 8.32. The van der Waals surface area contributed by atoms with Crippen molar-refractivity contribution in [3.8, 4) is 5.75 Å². The molecule has 3 aromatic rings. The third-order valence-electron chi connectivity index (χ3n) is 4.13. The van der Waals surface area contributed by atoms with Crippen molar-refractivity contribution in [1.82, 2.24) is 10.3 Å². The molecule has 4 nitrogen and oxygen atoms in total. The minimum Gasteiger partial charge on any atom is -0.508 e. The Morgan fingerprint density at radius 1 is 1.08 bits per heavy atom. The molecule has 1 amide bonds. The minimum atomic E-state index is -0.199. The molecule has 0 fully saturated rings. The number of benzene rings is 2. The second-order valence-corrected chi connectivity index (χ2v) is 6.48. The van der Waals surface area contributed by atoms with Gasteiger partial charge in [0, 0.05) is 36.3 Å². The molecule has 0 saturated heterocycles. The van der Waals surface area contributed by atoms with Gasteiger partial charge < -0.3 is 10.4 Å². The maximum Gasteiger partial charge on any atom is 0.221 e. The molecule has 132 valence electrons. The van der Waals surface area contributed by atoms with E-state index < -0.39 is 0 Å². The highest BCUT2D eigenvalue weighted by Gasteiger charge is 2.19. The number of carbonyl (C=O) groups excluding carboxylic acids is 1. The van der Waals surface area contributed by atoms with Crippen LogP contribution in [0.1, 0.15) is 29.0 Å². The summed E-state index contributed by atoms with van der Waals surface area (Å²) >= 11 is 6.13. The lowest BCUT2D eigenvalue weighted by molar-refractivity contribution is -0.121. The Labute approximate surface area is 157 Å². The number of halogens is 1. The van der Waals surface area contributed by atoms with Crippen LogP contribution >= 0.6 is 11.6 Å². The quantitative estimate of drug-likeness (QED) is 0.684. The van der Waals surface area contributed by atoms with E-state index in [0.29, 0.717) is 11.6 Å². The molecule has 0 aliphatic heterocycles. The van der Waals surface area contributed by atoms with Crippen molar-refractivity contribution in [2.24, 2.45) is 0 Å². The van der Waals surface area contributed by atoms with Gasteiger partial charge in [0.05, 0.1) is 0 Å². The van der Waals surface area contributed by atoms with Gasteiger partial charge in [-0.05, 0) is 47.0 Å². The summed E-state index contributed by atoms with van der Waals surface area (Å²) in [5.74, 6) is -0.109. The Morgan fingerprint density at radius 3 is 2.54 bits per heavy atom.